The van der Waals surface area contributed by atoms with Crippen LogP contribution in [-0.4, -0.2) is 20.1 Å². The Morgan fingerprint density at radius 3 is 2.68 bits per heavy atom. The van der Waals surface area contributed by atoms with Gasteiger partial charge in [-0.25, -0.2) is 4.39 Å². The van der Waals surface area contributed by atoms with E-state index in [1.807, 2.05) is 42.3 Å². The van der Waals surface area contributed by atoms with Gasteiger partial charge >= 0.3 is 0 Å². The number of benzene rings is 2. The SMILES string of the molecule is CN(CCNc1cccc(Br)c1)c1cccc(F)c1. The largest absolute Gasteiger partial charge is 0.383 e. The van der Waals surface area contributed by atoms with Crippen molar-refractivity contribution >= 4 is 27.3 Å². The Labute approximate surface area is 121 Å². The Morgan fingerprint density at radius 1 is 1.16 bits per heavy atom. The van der Waals surface area contributed by atoms with Gasteiger partial charge in [0, 0.05) is 36.0 Å². The molecule has 0 aliphatic rings. The molecule has 0 radical (unpaired) electrons. The molecule has 19 heavy (non-hydrogen) atoms. The van der Waals surface area contributed by atoms with Gasteiger partial charge in [0.15, 0.2) is 0 Å². The molecular weight excluding hydrogens is 307 g/mol. The number of hydrogen-bond donors (Lipinski definition) is 1. The van der Waals surface area contributed by atoms with E-state index in [9.17, 15) is 4.39 Å². The standard InChI is InChI=1S/C15H16BrFN2/c1-19(15-7-3-5-13(17)11-15)9-8-18-14-6-2-4-12(16)10-14/h2-7,10-11,18H,8-9H2,1H3. The lowest BCUT2D eigenvalue weighted by atomic mass is 10.3. The van der Waals surface area contributed by atoms with Crippen molar-refractivity contribution in [3.8, 4) is 0 Å². The van der Waals surface area contributed by atoms with Crippen molar-refractivity contribution in [2.75, 3.05) is 30.4 Å². The van der Waals surface area contributed by atoms with E-state index < -0.39 is 0 Å². The molecule has 0 spiro atoms. The second-order valence-corrected chi connectivity index (χ2v) is 5.25. The minimum absolute atomic E-state index is 0.204. The first-order valence-corrected chi connectivity index (χ1v) is 6.90. The van der Waals surface area contributed by atoms with E-state index in [2.05, 4.69) is 21.2 Å². The molecule has 0 atom stereocenters. The van der Waals surface area contributed by atoms with Crippen LogP contribution in [-0.2, 0) is 0 Å². The van der Waals surface area contributed by atoms with Crippen molar-refractivity contribution < 1.29 is 4.39 Å². The Morgan fingerprint density at radius 2 is 1.95 bits per heavy atom. The lowest BCUT2D eigenvalue weighted by molar-refractivity contribution is 0.627. The van der Waals surface area contributed by atoms with Crippen LogP contribution in [0.1, 0.15) is 0 Å². The van der Waals surface area contributed by atoms with Crippen LogP contribution in [0.2, 0.25) is 0 Å². The molecule has 0 bridgehead atoms. The zero-order valence-corrected chi connectivity index (χ0v) is 12.3. The lowest BCUT2D eigenvalue weighted by Crippen LogP contribution is -2.24. The molecule has 4 heteroatoms. The second kappa shape index (κ2) is 6.57. The predicted molar refractivity (Wildman–Crippen MR) is 82.3 cm³/mol. The van der Waals surface area contributed by atoms with Crippen LogP contribution >= 0.6 is 15.9 Å². The van der Waals surface area contributed by atoms with Gasteiger partial charge in [0.2, 0.25) is 0 Å². The molecule has 2 aromatic rings. The van der Waals surface area contributed by atoms with Crippen LogP contribution in [0.25, 0.3) is 0 Å². The number of halogens is 2. The third-order valence-corrected chi connectivity index (χ3v) is 3.34. The smallest absolute Gasteiger partial charge is 0.125 e. The summed E-state index contributed by atoms with van der Waals surface area (Å²) in [4.78, 5) is 2.02. The maximum absolute atomic E-state index is 13.1. The van der Waals surface area contributed by atoms with Crippen molar-refractivity contribution in [2.45, 2.75) is 0 Å². The van der Waals surface area contributed by atoms with E-state index in [0.29, 0.717) is 0 Å². The monoisotopic (exact) mass is 322 g/mol. The predicted octanol–water partition coefficient (Wildman–Crippen LogP) is 4.14. The van der Waals surface area contributed by atoms with Crippen molar-refractivity contribution in [3.63, 3.8) is 0 Å². The molecule has 0 saturated carbocycles. The Balaban J connectivity index is 1.85. The zero-order chi connectivity index (χ0) is 13.7. The number of nitrogens with zero attached hydrogens (tertiary/aromatic N) is 1. The van der Waals surface area contributed by atoms with E-state index >= 15 is 0 Å². The van der Waals surface area contributed by atoms with Gasteiger partial charge in [-0.1, -0.05) is 28.1 Å². The molecule has 1 N–H and O–H groups in total. The minimum Gasteiger partial charge on any atom is -0.383 e. The van der Waals surface area contributed by atoms with Gasteiger partial charge in [-0.15, -0.1) is 0 Å². The van der Waals surface area contributed by atoms with Gasteiger partial charge in [-0.05, 0) is 36.4 Å². The summed E-state index contributed by atoms with van der Waals surface area (Å²) in [6, 6.07) is 14.7. The lowest BCUT2D eigenvalue weighted by Gasteiger charge is -2.20. The zero-order valence-electron chi connectivity index (χ0n) is 10.7. The fraction of sp³-hybridized carbons (Fsp3) is 0.200. The molecule has 2 nitrogen and oxygen atoms in total. The van der Waals surface area contributed by atoms with Crippen LogP contribution in [0, 0.1) is 5.82 Å². The molecule has 0 amide bonds. The van der Waals surface area contributed by atoms with E-state index in [1.54, 1.807) is 12.1 Å². The van der Waals surface area contributed by atoms with Crippen LogP contribution in [0.3, 0.4) is 0 Å². The molecular formula is C15H16BrFN2. The van der Waals surface area contributed by atoms with Crippen LogP contribution < -0.4 is 10.2 Å². The third kappa shape index (κ3) is 4.24. The average Bonchev–Trinajstić information content (AvgIpc) is 2.38. The number of anilines is 2. The number of rotatable bonds is 5. The molecule has 0 aromatic heterocycles. The van der Waals surface area contributed by atoms with E-state index in [1.165, 1.54) is 6.07 Å². The number of likely N-dealkylation sites (N-methyl/N-ethyl adjacent to an activating group) is 1. The Hall–Kier alpha value is -1.55. The van der Waals surface area contributed by atoms with E-state index in [4.69, 9.17) is 0 Å². The topological polar surface area (TPSA) is 15.3 Å². The van der Waals surface area contributed by atoms with Crippen LogP contribution in [0.5, 0.6) is 0 Å². The van der Waals surface area contributed by atoms with E-state index in [0.717, 1.165) is 28.9 Å². The van der Waals surface area contributed by atoms with Gasteiger partial charge in [0.05, 0.1) is 0 Å². The number of nitrogens with one attached hydrogen (secondary N) is 1. The summed E-state index contributed by atoms with van der Waals surface area (Å²) in [5.74, 6) is -0.204. The first-order chi connectivity index (χ1) is 9.15. The average molecular weight is 323 g/mol. The normalized spacial score (nSPS) is 10.3. The van der Waals surface area contributed by atoms with Crippen LogP contribution in [0.4, 0.5) is 15.8 Å². The molecule has 0 aliphatic carbocycles. The summed E-state index contributed by atoms with van der Waals surface area (Å²) >= 11 is 3.44. The fourth-order valence-corrected chi connectivity index (χ4v) is 2.21. The summed E-state index contributed by atoms with van der Waals surface area (Å²) in [7, 11) is 1.96. The maximum Gasteiger partial charge on any atom is 0.125 e. The first kappa shape index (κ1) is 13.9. The summed E-state index contributed by atoms with van der Waals surface area (Å²) in [5, 5.41) is 3.34. The third-order valence-electron chi connectivity index (χ3n) is 2.85. The van der Waals surface area contributed by atoms with Crippen molar-refractivity contribution in [1.82, 2.24) is 0 Å². The van der Waals surface area contributed by atoms with Crippen molar-refractivity contribution in [1.29, 1.82) is 0 Å². The molecule has 2 rings (SSSR count). The highest BCUT2D eigenvalue weighted by molar-refractivity contribution is 9.10. The van der Waals surface area contributed by atoms with Crippen molar-refractivity contribution in [3.05, 3.63) is 58.8 Å². The highest BCUT2D eigenvalue weighted by atomic mass is 79.9. The quantitative estimate of drug-likeness (QED) is 0.890. The van der Waals surface area contributed by atoms with Gasteiger partial charge in [0.25, 0.3) is 0 Å². The second-order valence-electron chi connectivity index (χ2n) is 4.34. The minimum atomic E-state index is -0.204. The van der Waals surface area contributed by atoms with Gasteiger partial charge in [-0.3, -0.25) is 0 Å². The molecule has 0 fully saturated rings. The van der Waals surface area contributed by atoms with E-state index in [-0.39, 0.29) is 5.82 Å². The Bertz CT molecular complexity index is 545. The van der Waals surface area contributed by atoms with Crippen LogP contribution in [0.15, 0.2) is 53.0 Å². The molecule has 0 saturated heterocycles. The van der Waals surface area contributed by atoms with Gasteiger partial charge < -0.3 is 10.2 Å². The molecule has 0 aliphatic heterocycles. The maximum atomic E-state index is 13.1. The van der Waals surface area contributed by atoms with Gasteiger partial charge in [0.1, 0.15) is 5.82 Å². The summed E-state index contributed by atoms with van der Waals surface area (Å²) in [6.45, 7) is 1.60. The number of hydrogen-bond acceptors (Lipinski definition) is 2. The molecule has 100 valence electrons. The molecule has 0 heterocycles. The first-order valence-electron chi connectivity index (χ1n) is 6.11. The highest BCUT2D eigenvalue weighted by Crippen LogP contribution is 2.16. The Kier molecular flexibility index (Phi) is 4.80. The summed E-state index contributed by atoms with van der Waals surface area (Å²) in [6.07, 6.45) is 0. The summed E-state index contributed by atoms with van der Waals surface area (Å²) in [5.41, 5.74) is 1.96. The van der Waals surface area contributed by atoms with Crippen molar-refractivity contribution in [2.24, 2.45) is 0 Å². The molecule has 0 unspecified atom stereocenters. The van der Waals surface area contributed by atoms with Gasteiger partial charge in [-0.2, -0.15) is 0 Å². The molecule has 2 aromatic carbocycles. The summed E-state index contributed by atoms with van der Waals surface area (Å²) < 4.78 is 14.2. The highest BCUT2D eigenvalue weighted by Gasteiger charge is 2.01. The fourth-order valence-electron chi connectivity index (χ4n) is 1.81.